The fourth-order valence-electron chi connectivity index (χ4n) is 1.60. The van der Waals surface area contributed by atoms with Crippen LogP contribution in [-0.4, -0.2) is 32.4 Å². The van der Waals surface area contributed by atoms with E-state index < -0.39 is 8.07 Å². The molecule has 0 bridgehead atoms. The summed E-state index contributed by atoms with van der Waals surface area (Å²) >= 11 is 0. The van der Waals surface area contributed by atoms with Gasteiger partial charge in [-0.3, -0.25) is 0 Å². The molecule has 0 fully saturated rings. The maximum Gasteiger partial charge on any atom is 0.330 e. The minimum atomic E-state index is -1.34. The third-order valence-corrected chi connectivity index (χ3v) is 3.97. The second-order valence-electron chi connectivity index (χ2n) is 5.74. The second-order valence-corrected chi connectivity index (χ2v) is 10.8. The third kappa shape index (κ3) is 7.45. The van der Waals surface area contributed by atoms with Crippen LogP contribution in [0.5, 0.6) is 0 Å². The molecule has 0 saturated carbocycles. The predicted molar refractivity (Wildman–Crippen MR) is 78.0 cm³/mol. The van der Waals surface area contributed by atoms with Crippen LogP contribution in [0.25, 0.3) is 0 Å². The Morgan fingerprint density at radius 2 is 1.89 bits per heavy atom. The van der Waals surface area contributed by atoms with Crippen LogP contribution in [0, 0.1) is 5.92 Å². The number of rotatable bonds is 6. The van der Waals surface area contributed by atoms with Crippen molar-refractivity contribution in [1.29, 1.82) is 0 Å². The lowest BCUT2D eigenvalue weighted by molar-refractivity contribution is -0.134. The van der Waals surface area contributed by atoms with Crippen molar-refractivity contribution in [2.24, 2.45) is 5.92 Å². The lowest BCUT2D eigenvalue weighted by Crippen LogP contribution is -2.22. The van der Waals surface area contributed by atoms with Crippen LogP contribution in [0.3, 0.4) is 0 Å². The molecular formula is C14H26O3Si. The summed E-state index contributed by atoms with van der Waals surface area (Å²) in [4.78, 5) is 11.0. The van der Waals surface area contributed by atoms with Crippen LogP contribution in [0.15, 0.2) is 23.4 Å². The van der Waals surface area contributed by atoms with Crippen molar-refractivity contribution in [2.45, 2.75) is 46.0 Å². The summed E-state index contributed by atoms with van der Waals surface area (Å²) < 4.78 is 4.55. The van der Waals surface area contributed by atoms with Crippen molar-refractivity contribution in [1.82, 2.24) is 0 Å². The SMILES string of the molecule is COC(=O)/C=C/C/C(=C/[Si](C)(C)C)[C@H](C)[C@H](C)O. The summed E-state index contributed by atoms with van der Waals surface area (Å²) in [6.45, 7) is 10.6. The van der Waals surface area contributed by atoms with Gasteiger partial charge in [0.2, 0.25) is 0 Å². The topological polar surface area (TPSA) is 46.5 Å². The van der Waals surface area contributed by atoms with Gasteiger partial charge < -0.3 is 9.84 Å². The molecule has 0 unspecified atom stereocenters. The number of carbonyl (C=O) groups excluding carboxylic acids is 1. The lowest BCUT2D eigenvalue weighted by atomic mass is 9.95. The maximum atomic E-state index is 11.0. The summed E-state index contributed by atoms with van der Waals surface area (Å²) in [7, 11) is 0.0274. The van der Waals surface area contributed by atoms with Crippen LogP contribution in [0.4, 0.5) is 0 Å². The van der Waals surface area contributed by atoms with Gasteiger partial charge in [0.25, 0.3) is 0 Å². The smallest absolute Gasteiger partial charge is 0.330 e. The molecule has 0 rings (SSSR count). The van der Waals surface area contributed by atoms with Crippen LogP contribution in [-0.2, 0) is 9.53 Å². The molecule has 0 aliphatic carbocycles. The molecule has 4 heteroatoms. The molecule has 3 nitrogen and oxygen atoms in total. The Kier molecular flexibility index (Phi) is 7.17. The number of esters is 1. The molecule has 2 atom stereocenters. The Balaban J connectivity index is 4.86. The highest BCUT2D eigenvalue weighted by Crippen LogP contribution is 2.22. The summed E-state index contributed by atoms with van der Waals surface area (Å²) in [6, 6.07) is 0. The average molecular weight is 270 g/mol. The Hall–Kier alpha value is -0.873. The largest absolute Gasteiger partial charge is 0.466 e. The van der Waals surface area contributed by atoms with Gasteiger partial charge in [-0.15, -0.1) is 0 Å². The first kappa shape index (κ1) is 17.1. The van der Waals surface area contributed by atoms with Gasteiger partial charge in [0.1, 0.15) is 0 Å². The highest BCUT2D eigenvalue weighted by molar-refractivity contribution is 6.81. The zero-order valence-electron chi connectivity index (χ0n) is 12.4. The maximum absolute atomic E-state index is 11.0. The summed E-state index contributed by atoms with van der Waals surface area (Å²) in [6.07, 6.45) is 3.55. The summed E-state index contributed by atoms with van der Waals surface area (Å²) in [5.41, 5.74) is 3.50. The summed E-state index contributed by atoms with van der Waals surface area (Å²) in [5.74, 6) is -0.230. The van der Waals surface area contributed by atoms with Crippen molar-refractivity contribution >= 4 is 14.0 Å². The van der Waals surface area contributed by atoms with E-state index in [1.165, 1.54) is 18.8 Å². The first-order chi connectivity index (χ1) is 8.17. The van der Waals surface area contributed by atoms with Crippen LogP contribution in [0.2, 0.25) is 19.6 Å². The predicted octanol–water partition coefficient (Wildman–Crippen LogP) is 2.93. The highest BCUT2D eigenvalue weighted by Gasteiger charge is 2.17. The van der Waals surface area contributed by atoms with E-state index in [1.807, 2.05) is 6.92 Å². The molecule has 104 valence electrons. The molecule has 0 amide bonds. The van der Waals surface area contributed by atoms with E-state index in [2.05, 4.69) is 30.1 Å². The number of allylic oxidation sites excluding steroid dienone is 1. The van der Waals surface area contributed by atoms with Gasteiger partial charge in [0.05, 0.1) is 21.3 Å². The number of aliphatic hydroxyl groups excluding tert-OH is 1. The number of ether oxygens (including phenoxy) is 1. The second kappa shape index (κ2) is 7.54. The van der Waals surface area contributed by atoms with Crippen LogP contribution in [0.1, 0.15) is 20.3 Å². The van der Waals surface area contributed by atoms with Crippen molar-refractivity contribution in [3.05, 3.63) is 23.4 Å². The van der Waals surface area contributed by atoms with Crippen molar-refractivity contribution in [3.8, 4) is 0 Å². The van der Waals surface area contributed by atoms with Crippen molar-refractivity contribution in [2.75, 3.05) is 7.11 Å². The minimum Gasteiger partial charge on any atom is -0.466 e. The van der Waals surface area contributed by atoms with Gasteiger partial charge in [-0.05, 0) is 13.3 Å². The van der Waals surface area contributed by atoms with Crippen molar-refractivity contribution in [3.63, 3.8) is 0 Å². The number of hydrogen-bond donors (Lipinski definition) is 1. The molecule has 0 spiro atoms. The number of hydrogen-bond acceptors (Lipinski definition) is 3. The van der Waals surface area contributed by atoms with Gasteiger partial charge >= 0.3 is 5.97 Å². The zero-order chi connectivity index (χ0) is 14.3. The quantitative estimate of drug-likeness (QED) is 0.458. The van der Waals surface area contributed by atoms with Gasteiger partial charge in [0, 0.05) is 12.0 Å². The normalized spacial score (nSPS) is 16.7. The molecule has 0 saturated heterocycles. The van der Waals surface area contributed by atoms with Gasteiger partial charge in [-0.1, -0.05) is 43.9 Å². The first-order valence-electron chi connectivity index (χ1n) is 6.31. The lowest BCUT2D eigenvalue weighted by Gasteiger charge is -2.21. The van der Waals surface area contributed by atoms with Gasteiger partial charge in [-0.2, -0.15) is 0 Å². The Bertz CT molecular complexity index is 324. The highest BCUT2D eigenvalue weighted by atomic mass is 28.3. The van der Waals surface area contributed by atoms with Gasteiger partial charge in [-0.25, -0.2) is 4.79 Å². The van der Waals surface area contributed by atoms with E-state index in [0.29, 0.717) is 6.42 Å². The number of aliphatic hydroxyl groups is 1. The van der Waals surface area contributed by atoms with Crippen molar-refractivity contribution < 1.29 is 14.6 Å². The number of methoxy groups -OCH3 is 1. The Morgan fingerprint density at radius 1 is 1.33 bits per heavy atom. The van der Waals surface area contributed by atoms with E-state index in [9.17, 15) is 9.90 Å². The molecular weight excluding hydrogens is 244 g/mol. The molecule has 0 aromatic carbocycles. The number of carbonyl (C=O) groups is 1. The summed E-state index contributed by atoms with van der Waals surface area (Å²) in [5, 5.41) is 9.70. The molecule has 0 aromatic rings. The molecule has 1 N–H and O–H groups in total. The van der Waals surface area contributed by atoms with E-state index in [1.54, 1.807) is 13.0 Å². The monoisotopic (exact) mass is 270 g/mol. The fourth-order valence-corrected chi connectivity index (χ4v) is 3.09. The molecule has 0 aromatic heterocycles. The van der Waals surface area contributed by atoms with E-state index in [0.717, 1.165) is 0 Å². The molecule has 0 aliphatic heterocycles. The van der Waals surface area contributed by atoms with Gasteiger partial charge in [0.15, 0.2) is 0 Å². The van der Waals surface area contributed by atoms with E-state index in [-0.39, 0.29) is 18.0 Å². The molecule has 0 radical (unpaired) electrons. The molecule has 0 aliphatic rings. The zero-order valence-corrected chi connectivity index (χ0v) is 13.4. The fraction of sp³-hybridized carbons (Fsp3) is 0.643. The van der Waals surface area contributed by atoms with E-state index in [4.69, 9.17) is 0 Å². The first-order valence-corrected chi connectivity index (χ1v) is 9.89. The molecule has 18 heavy (non-hydrogen) atoms. The standard InChI is InChI=1S/C14H26O3Si/c1-11(12(2)15)13(10-18(4,5)6)8-7-9-14(16)17-3/h7,9-12,15H,8H2,1-6H3/b9-7+,13-10-/t11-,12+/m1/s1. The van der Waals surface area contributed by atoms with Crippen LogP contribution < -0.4 is 0 Å². The third-order valence-electron chi connectivity index (χ3n) is 2.74. The molecule has 0 heterocycles. The van der Waals surface area contributed by atoms with E-state index >= 15 is 0 Å². The Morgan fingerprint density at radius 3 is 2.28 bits per heavy atom. The van der Waals surface area contributed by atoms with Crippen LogP contribution >= 0.6 is 0 Å². The average Bonchev–Trinajstić information content (AvgIpc) is 2.24. The minimum absolute atomic E-state index is 0.110. The Labute approximate surface area is 112 Å².